The number of aromatic nitrogens is 2. The van der Waals surface area contributed by atoms with Crippen molar-refractivity contribution in [2.45, 2.75) is 13.8 Å². The maximum Gasteiger partial charge on any atom is 0.182 e. The van der Waals surface area contributed by atoms with E-state index in [0.717, 1.165) is 32.5 Å². The van der Waals surface area contributed by atoms with E-state index in [0.29, 0.717) is 0 Å². The molecule has 0 saturated carbocycles. The third kappa shape index (κ3) is 2.16. The number of para-hydroxylation sites is 1. The van der Waals surface area contributed by atoms with Crippen LogP contribution in [-0.2, 0) is 0 Å². The number of fused-ring (bicyclic) bond motifs is 1. The van der Waals surface area contributed by atoms with Gasteiger partial charge in [0.25, 0.3) is 0 Å². The van der Waals surface area contributed by atoms with Crippen LogP contribution in [0.25, 0.3) is 16.6 Å². The van der Waals surface area contributed by atoms with Crippen LogP contribution in [0, 0.1) is 13.8 Å². The molecule has 4 heteroatoms. The van der Waals surface area contributed by atoms with E-state index in [1.165, 1.54) is 0 Å². The first kappa shape index (κ1) is 13.1. The van der Waals surface area contributed by atoms with Crippen LogP contribution in [0.4, 0.5) is 0 Å². The summed E-state index contributed by atoms with van der Waals surface area (Å²) in [5.41, 5.74) is 3.77. The fourth-order valence-electron chi connectivity index (χ4n) is 2.54. The Balaban J connectivity index is 2.39. The molecular formula is C16H13BrN2O. The number of benzene rings is 1. The molecule has 1 aromatic carbocycles. The molecule has 0 radical (unpaired) electrons. The SMILES string of the molecule is Cc1cc(=O)cc(C)n1-c1cccc2cc(Br)cnc12. The number of aryl methyl sites for hydroxylation is 2. The molecule has 100 valence electrons. The lowest BCUT2D eigenvalue weighted by Gasteiger charge is -2.16. The van der Waals surface area contributed by atoms with E-state index in [1.54, 1.807) is 18.3 Å². The normalized spacial score (nSPS) is 10.9. The van der Waals surface area contributed by atoms with Crippen LogP contribution in [0.5, 0.6) is 0 Å². The van der Waals surface area contributed by atoms with Gasteiger partial charge in [0.05, 0.1) is 11.2 Å². The van der Waals surface area contributed by atoms with E-state index >= 15 is 0 Å². The second-order valence-electron chi connectivity index (χ2n) is 4.81. The quantitative estimate of drug-likeness (QED) is 0.681. The lowest BCUT2D eigenvalue weighted by Crippen LogP contribution is -2.11. The van der Waals surface area contributed by atoms with Crippen molar-refractivity contribution in [2.75, 3.05) is 0 Å². The minimum Gasteiger partial charge on any atom is -0.316 e. The molecule has 3 rings (SSSR count). The monoisotopic (exact) mass is 328 g/mol. The van der Waals surface area contributed by atoms with E-state index in [9.17, 15) is 4.79 Å². The summed E-state index contributed by atoms with van der Waals surface area (Å²) in [6.07, 6.45) is 1.79. The summed E-state index contributed by atoms with van der Waals surface area (Å²) in [6.45, 7) is 3.87. The molecule has 3 aromatic rings. The zero-order chi connectivity index (χ0) is 14.3. The minimum atomic E-state index is 0.0344. The number of nitrogens with zero attached hydrogens (tertiary/aromatic N) is 2. The van der Waals surface area contributed by atoms with Gasteiger partial charge in [-0.05, 0) is 41.9 Å². The van der Waals surface area contributed by atoms with Gasteiger partial charge in [-0.3, -0.25) is 9.78 Å². The predicted octanol–water partition coefficient (Wildman–Crippen LogP) is 3.77. The molecule has 3 nitrogen and oxygen atoms in total. The minimum absolute atomic E-state index is 0.0344. The molecule has 0 aliphatic rings. The van der Waals surface area contributed by atoms with Crippen LogP contribution in [0.3, 0.4) is 0 Å². The molecule has 0 spiro atoms. The smallest absolute Gasteiger partial charge is 0.182 e. The number of rotatable bonds is 1. The van der Waals surface area contributed by atoms with Gasteiger partial charge in [0.15, 0.2) is 5.43 Å². The van der Waals surface area contributed by atoms with Crippen LogP contribution >= 0.6 is 15.9 Å². The topological polar surface area (TPSA) is 34.9 Å². The molecular weight excluding hydrogens is 316 g/mol. The van der Waals surface area contributed by atoms with Gasteiger partial charge < -0.3 is 4.57 Å². The molecule has 0 bridgehead atoms. The first-order chi connectivity index (χ1) is 9.56. The Morgan fingerprint density at radius 1 is 1.10 bits per heavy atom. The second-order valence-corrected chi connectivity index (χ2v) is 5.73. The Morgan fingerprint density at radius 3 is 2.50 bits per heavy atom. The summed E-state index contributed by atoms with van der Waals surface area (Å²) in [5.74, 6) is 0. The lowest BCUT2D eigenvalue weighted by molar-refractivity contribution is 0.926. The van der Waals surface area contributed by atoms with E-state index in [-0.39, 0.29) is 5.43 Å². The summed E-state index contributed by atoms with van der Waals surface area (Å²) in [7, 11) is 0. The molecule has 0 aliphatic heterocycles. The van der Waals surface area contributed by atoms with Crippen molar-refractivity contribution in [3.8, 4) is 5.69 Å². The zero-order valence-corrected chi connectivity index (χ0v) is 12.8. The lowest BCUT2D eigenvalue weighted by atomic mass is 10.1. The van der Waals surface area contributed by atoms with Crippen LogP contribution in [0.15, 0.2) is 51.9 Å². The van der Waals surface area contributed by atoms with Crippen LogP contribution < -0.4 is 5.43 Å². The van der Waals surface area contributed by atoms with Crippen LogP contribution in [-0.4, -0.2) is 9.55 Å². The standard InChI is InChI=1S/C16H13BrN2O/c1-10-6-14(20)7-11(2)19(10)15-5-3-4-12-8-13(17)9-18-16(12)15/h3-9H,1-2H3. The highest BCUT2D eigenvalue weighted by Gasteiger charge is 2.09. The Labute approximate surface area is 125 Å². The highest BCUT2D eigenvalue weighted by Crippen LogP contribution is 2.24. The maximum absolute atomic E-state index is 11.6. The molecule has 2 heterocycles. The van der Waals surface area contributed by atoms with Crippen molar-refractivity contribution >= 4 is 26.8 Å². The number of hydrogen-bond donors (Lipinski definition) is 0. The third-order valence-electron chi connectivity index (χ3n) is 3.30. The molecule has 0 atom stereocenters. The van der Waals surface area contributed by atoms with Gasteiger partial charge in [0.2, 0.25) is 0 Å². The molecule has 0 amide bonds. The fraction of sp³-hybridized carbons (Fsp3) is 0.125. The van der Waals surface area contributed by atoms with Gasteiger partial charge in [-0.25, -0.2) is 0 Å². The molecule has 0 unspecified atom stereocenters. The van der Waals surface area contributed by atoms with E-state index in [2.05, 4.69) is 25.5 Å². The van der Waals surface area contributed by atoms with Crippen molar-refractivity contribution < 1.29 is 0 Å². The maximum atomic E-state index is 11.6. The molecule has 2 aromatic heterocycles. The summed E-state index contributed by atoms with van der Waals surface area (Å²) in [5, 5.41) is 1.06. The molecule has 0 fully saturated rings. The number of pyridine rings is 2. The average Bonchev–Trinajstić information content (AvgIpc) is 2.37. The highest BCUT2D eigenvalue weighted by atomic mass is 79.9. The van der Waals surface area contributed by atoms with Gasteiger partial charge in [-0.2, -0.15) is 0 Å². The van der Waals surface area contributed by atoms with Gasteiger partial charge in [-0.1, -0.05) is 12.1 Å². The second kappa shape index (κ2) is 4.87. The van der Waals surface area contributed by atoms with Crippen molar-refractivity contribution in [1.29, 1.82) is 0 Å². The number of hydrogen-bond acceptors (Lipinski definition) is 2. The van der Waals surface area contributed by atoms with Crippen molar-refractivity contribution in [3.63, 3.8) is 0 Å². The van der Waals surface area contributed by atoms with E-state index in [4.69, 9.17) is 0 Å². The summed E-state index contributed by atoms with van der Waals surface area (Å²) in [6, 6.07) is 11.4. The van der Waals surface area contributed by atoms with Crippen molar-refractivity contribution in [3.05, 3.63) is 68.7 Å². The fourth-order valence-corrected chi connectivity index (χ4v) is 2.89. The Bertz CT molecular complexity index is 842. The predicted molar refractivity (Wildman–Crippen MR) is 84.5 cm³/mol. The Hall–Kier alpha value is -1.94. The van der Waals surface area contributed by atoms with Crippen LogP contribution in [0.1, 0.15) is 11.4 Å². The van der Waals surface area contributed by atoms with Crippen molar-refractivity contribution in [1.82, 2.24) is 9.55 Å². The summed E-state index contributed by atoms with van der Waals surface area (Å²) >= 11 is 3.44. The molecule has 0 aliphatic carbocycles. The molecule has 0 saturated heterocycles. The third-order valence-corrected chi connectivity index (χ3v) is 3.74. The van der Waals surface area contributed by atoms with Gasteiger partial charge in [0.1, 0.15) is 0 Å². The highest BCUT2D eigenvalue weighted by molar-refractivity contribution is 9.10. The molecule has 0 N–H and O–H groups in total. The van der Waals surface area contributed by atoms with Crippen LogP contribution in [0.2, 0.25) is 0 Å². The van der Waals surface area contributed by atoms with Gasteiger partial charge in [-0.15, -0.1) is 0 Å². The van der Waals surface area contributed by atoms with Crippen molar-refractivity contribution in [2.24, 2.45) is 0 Å². The van der Waals surface area contributed by atoms with Gasteiger partial charge >= 0.3 is 0 Å². The molecule has 20 heavy (non-hydrogen) atoms. The largest absolute Gasteiger partial charge is 0.316 e. The Morgan fingerprint density at radius 2 is 1.80 bits per heavy atom. The number of halogens is 1. The zero-order valence-electron chi connectivity index (χ0n) is 11.2. The van der Waals surface area contributed by atoms with E-state index in [1.807, 2.05) is 38.1 Å². The first-order valence-electron chi connectivity index (χ1n) is 6.31. The summed E-state index contributed by atoms with van der Waals surface area (Å²) < 4.78 is 3.01. The Kier molecular flexibility index (Phi) is 3.18. The summed E-state index contributed by atoms with van der Waals surface area (Å²) in [4.78, 5) is 16.1. The van der Waals surface area contributed by atoms with E-state index < -0.39 is 0 Å². The van der Waals surface area contributed by atoms with Gasteiger partial charge in [0, 0.05) is 39.6 Å². The first-order valence-corrected chi connectivity index (χ1v) is 7.10. The average molecular weight is 329 g/mol.